The smallest absolute Gasteiger partial charge is 0.255 e. The summed E-state index contributed by atoms with van der Waals surface area (Å²) >= 11 is 5.93. The van der Waals surface area contributed by atoms with Crippen LogP contribution >= 0.6 is 11.6 Å². The number of pyridine rings is 1. The lowest BCUT2D eigenvalue weighted by Gasteiger charge is -2.24. The molecular formula is C26H24ClN3O. The molecule has 4 nitrogen and oxygen atoms in total. The van der Waals surface area contributed by atoms with Crippen LogP contribution in [0.15, 0.2) is 78.9 Å². The van der Waals surface area contributed by atoms with Crippen LogP contribution in [-0.2, 0) is 0 Å². The van der Waals surface area contributed by atoms with Gasteiger partial charge in [0.05, 0.1) is 16.9 Å². The van der Waals surface area contributed by atoms with E-state index in [9.17, 15) is 4.79 Å². The Balaban J connectivity index is 1.73. The van der Waals surface area contributed by atoms with Crippen molar-refractivity contribution in [2.45, 2.75) is 13.8 Å². The highest BCUT2D eigenvalue weighted by molar-refractivity contribution is 6.30. The second-order valence-electron chi connectivity index (χ2n) is 7.26. The first-order valence-corrected chi connectivity index (χ1v) is 10.8. The van der Waals surface area contributed by atoms with Crippen LogP contribution in [0.3, 0.4) is 0 Å². The van der Waals surface area contributed by atoms with Crippen molar-refractivity contribution in [1.82, 2.24) is 4.98 Å². The zero-order valence-electron chi connectivity index (χ0n) is 17.6. The predicted molar refractivity (Wildman–Crippen MR) is 130 cm³/mol. The Kier molecular flexibility index (Phi) is 6.19. The van der Waals surface area contributed by atoms with Crippen LogP contribution in [0, 0.1) is 0 Å². The average molecular weight is 430 g/mol. The molecule has 0 atom stereocenters. The summed E-state index contributed by atoms with van der Waals surface area (Å²) < 4.78 is 0. The first-order chi connectivity index (χ1) is 15.1. The number of carbonyl (C=O) groups excluding carboxylic acids is 1. The minimum atomic E-state index is -0.177. The summed E-state index contributed by atoms with van der Waals surface area (Å²) in [5.41, 5.74) is 5.18. The van der Waals surface area contributed by atoms with Crippen LogP contribution in [0.25, 0.3) is 22.2 Å². The van der Waals surface area contributed by atoms with Crippen LogP contribution in [0.1, 0.15) is 24.2 Å². The third kappa shape index (κ3) is 4.54. The highest BCUT2D eigenvalue weighted by Gasteiger charge is 2.15. The maximum atomic E-state index is 12.6. The van der Waals surface area contributed by atoms with Gasteiger partial charge in [0, 0.05) is 40.3 Å². The topological polar surface area (TPSA) is 45.2 Å². The van der Waals surface area contributed by atoms with Crippen LogP contribution < -0.4 is 10.2 Å². The molecule has 0 aliphatic rings. The lowest BCUT2D eigenvalue weighted by atomic mass is 10.1. The number of carbonyl (C=O) groups is 1. The normalized spacial score (nSPS) is 10.8. The molecule has 4 aromatic rings. The summed E-state index contributed by atoms with van der Waals surface area (Å²) in [6.45, 7) is 6.06. The van der Waals surface area contributed by atoms with E-state index in [1.807, 2.05) is 42.5 Å². The van der Waals surface area contributed by atoms with E-state index in [2.05, 4.69) is 36.2 Å². The fraction of sp³-hybridized carbons (Fsp3) is 0.154. The molecule has 1 heterocycles. The Labute approximate surface area is 187 Å². The number of halogens is 1. The van der Waals surface area contributed by atoms with Gasteiger partial charge >= 0.3 is 0 Å². The van der Waals surface area contributed by atoms with Gasteiger partial charge in [-0.2, -0.15) is 0 Å². The highest BCUT2D eigenvalue weighted by atomic mass is 35.5. The number of fused-ring (bicyclic) bond motifs is 1. The van der Waals surface area contributed by atoms with Crippen LogP contribution in [-0.4, -0.2) is 24.0 Å². The average Bonchev–Trinajstić information content (AvgIpc) is 2.80. The molecule has 5 heteroatoms. The molecule has 0 saturated carbocycles. The molecule has 0 aliphatic carbocycles. The van der Waals surface area contributed by atoms with Crippen molar-refractivity contribution in [3.05, 3.63) is 89.4 Å². The lowest BCUT2D eigenvalue weighted by molar-refractivity contribution is 0.102. The van der Waals surface area contributed by atoms with Gasteiger partial charge in [-0.1, -0.05) is 41.9 Å². The van der Waals surface area contributed by atoms with Gasteiger partial charge in [0.25, 0.3) is 5.91 Å². The van der Waals surface area contributed by atoms with Crippen LogP contribution in [0.4, 0.5) is 11.4 Å². The molecule has 0 fully saturated rings. The van der Waals surface area contributed by atoms with Crippen molar-refractivity contribution in [2.75, 3.05) is 23.3 Å². The van der Waals surface area contributed by atoms with Crippen molar-refractivity contribution < 1.29 is 4.79 Å². The maximum Gasteiger partial charge on any atom is 0.255 e. The Morgan fingerprint density at radius 3 is 2.42 bits per heavy atom. The van der Waals surface area contributed by atoms with Gasteiger partial charge in [-0.15, -0.1) is 0 Å². The highest BCUT2D eigenvalue weighted by Crippen LogP contribution is 2.33. The van der Waals surface area contributed by atoms with Crippen molar-refractivity contribution in [3.8, 4) is 11.3 Å². The summed E-state index contributed by atoms with van der Waals surface area (Å²) in [4.78, 5) is 19.9. The quantitative estimate of drug-likeness (QED) is 0.373. The summed E-state index contributed by atoms with van der Waals surface area (Å²) in [5.74, 6) is -0.177. The molecule has 0 radical (unpaired) electrons. The van der Waals surface area contributed by atoms with E-state index in [1.54, 1.807) is 24.3 Å². The van der Waals surface area contributed by atoms with E-state index in [1.165, 1.54) is 0 Å². The molecule has 0 unspecified atom stereocenters. The number of nitrogens with zero attached hydrogens (tertiary/aromatic N) is 2. The summed E-state index contributed by atoms with van der Waals surface area (Å²) in [5, 5.41) is 4.69. The molecule has 0 spiro atoms. The standard InChI is InChI=1S/C26H24ClN3O/c1-3-30(4-2)24-17-19-8-5-6-11-23(19)29-25(24)20-9-7-10-22(16-20)28-26(31)18-12-14-21(27)15-13-18/h5-17H,3-4H2,1-2H3,(H,28,31). The van der Waals surface area contributed by atoms with Crippen molar-refractivity contribution in [3.63, 3.8) is 0 Å². The van der Waals surface area contributed by atoms with Gasteiger partial charge in [-0.05, 0) is 62.4 Å². The molecule has 0 saturated heterocycles. The number of nitrogens with one attached hydrogen (secondary N) is 1. The molecule has 1 aromatic heterocycles. The van der Waals surface area contributed by atoms with Gasteiger partial charge in [-0.3, -0.25) is 4.79 Å². The number of anilines is 2. The first kappa shape index (κ1) is 20.9. The van der Waals surface area contributed by atoms with Crippen molar-refractivity contribution in [1.29, 1.82) is 0 Å². The summed E-state index contributed by atoms with van der Waals surface area (Å²) in [6, 6.07) is 25.0. The molecule has 0 aliphatic heterocycles. The predicted octanol–water partition coefficient (Wildman–Crippen LogP) is 6.65. The Bertz CT molecular complexity index is 1220. The zero-order chi connectivity index (χ0) is 21.8. The Hall–Kier alpha value is -3.37. The summed E-state index contributed by atoms with van der Waals surface area (Å²) in [6.07, 6.45) is 0. The molecule has 3 aromatic carbocycles. The minimum Gasteiger partial charge on any atom is -0.370 e. The van der Waals surface area contributed by atoms with E-state index in [0.717, 1.165) is 46.6 Å². The van der Waals surface area contributed by atoms with Gasteiger partial charge in [0.2, 0.25) is 0 Å². The molecule has 156 valence electrons. The Morgan fingerprint density at radius 2 is 1.68 bits per heavy atom. The van der Waals surface area contributed by atoms with Gasteiger partial charge < -0.3 is 10.2 Å². The fourth-order valence-corrected chi connectivity index (χ4v) is 3.80. The molecule has 31 heavy (non-hydrogen) atoms. The zero-order valence-corrected chi connectivity index (χ0v) is 18.4. The van der Waals surface area contributed by atoms with Crippen LogP contribution in [0.2, 0.25) is 5.02 Å². The molecule has 0 bridgehead atoms. The number of para-hydroxylation sites is 1. The second-order valence-corrected chi connectivity index (χ2v) is 7.70. The number of hydrogen-bond acceptors (Lipinski definition) is 3. The van der Waals surface area contributed by atoms with Gasteiger partial charge in [-0.25, -0.2) is 4.98 Å². The summed E-state index contributed by atoms with van der Waals surface area (Å²) in [7, 11) is 0. The fourth-order valence-electron chi connectivity index (χ4n) is 3.67. The third-order valence-electron chi connectivity index (χ3n) is 5.31. The van der Waals surface area contributed by atoms with E-state index < -0.39 is 0 Å². The molecule has 4 rings (SSSR count). The monoisotopic (exact) mass is 429 g/mol. The largest absolute Gasteiger partial charge is 0.370 e. The lowest BCUT2D eigenvalue weighted by Crippen LogP contribution is -2.23. The van der Waals surface area contributed by atoms with E-state index in [-0.39, 0.29) is 5.91 Å². The third-order valence-corrected chi connectivity index (χ3v) is 5.56. The number of aromatic nitrogens is 1. The molecular weight excluding hydrogens is 406 g/mol. The molecule has 1 amide bonds. The van der Waals surface area contributed by atoms with E-state index in [4.69, 9.17) is 16.6 Å². The maximum absolute atomic E-state index is 12.6. The van der Waals surface area contributed by atoms with Crippen LogP contribution in [0.5, 0.6) is 0 Å². The van der Waals surface area contributed by atoms with Gasteiger partial charge in [0.15, 0.2) is 0 Å². The van der Waals surface area contributed by atoms with E-state index >= 15 is 0 Å². The second kappa shape index (κ2) is 9.19. The SMILES string of the molecule is CCN(CC)c1cc2ccccc2nc1-c1cccc(NC(=O)c2ccc(Cl)cc2)c1. The number of hydrogen-bond donors (Lipinski definition) is 1. The Morgan fingerprint density at radius 1 is 0.935 bits per heavy atom. The number of benzene rings is 3. The van der Waals surface area contributed by atoms with Crippen molar-refractivity contribution >= 4 is 39.8 Å². The first-order valence-electron chi connectivity index (χ1n) is 10.4. The minimum absolute atomic E-state index is 0.177. The van der Waals surface area contributed by atoms with Crippen molar-refractivity contribution in [2.24, 2.45) is 0 Å². The van der Waals surface area contributed by atoms with E-state index in [0.29, 0.717) is 10.6 Å². The number of rotatable bonds is 6. The number of amides is 1. The molecule has 1 N–H and O–H groups in total. The van der Waals surface area contributed by atoms with Gasteiger partial charge in [0.1, 0.15) is 0 Å².